The molecule has 48 valence electrons. The fourth-order valence-corrected chi connectivity index (χ4v) is 1.03. The van der Waals surface area contributed by atoms with Crippen LogP contribution in [0.1, 0.15) is 19.8 Å². The molecule has 1 nitrogen and oxygen atoms in total. The number of carbonyl (C=O) groups is 1. The summed E-state index contributed by atoms with van der Waals surface area (Å²) in [5.74, 6) is 0. The van der Waals surface area contributed by atoms with Gasteiger partial charge in [-0.1, -0.05) is 19.1 Å². The Morgan fingerprint density at radius 2 is 2.56 bits per heavy atom. The average Bonchev–Trinajstić information content (AvgIpc) is 2.33. The Morgan fingerprint density at radius 3 is 3.00 bits per heavy atom. The van der Waals surface area contributed by atoms with Crippen LogP contribution in [0.2, 0.25) is 0 Å². The second kappa shape index (κ2) is 2.62. The highest BCUT2D eigenvalue weighted by molar-refractivity contribution is 5.77. The molecule has 0 radical (unpaired) electrons. The first-order valence-electron chi connectivity index (χ1n) is 3.22. The topological polar surface area (TPSA) is 17.1 Å². The van der Waals surface area contributed by atoms with Crippen molar-refractivity contribution in [3.8, 4) is 0 Å². The van der Waals surface area contributed by atoms with E-state index < -0.39 is 0 Å². The van der Waals surface area contributed by atoms with E-state index in [4.69, 9.17) is 0 Å². The Morgan fingerprint density at radius 1 is 1.78 bits per heavy atom. The lowest BCUT2D eigenvalue weighted by atomic mass is 10.1. The zero-order valence-electron chi connectivity index (χ0n) is 5.55. The van der Waals surface area contributed by atoms with Gasteiger partial charge in [0, 0.05) is 0 Å². The number of carbonyl (C=O) groups excluding carboxylic acids is 1. The Bertz CT molecular complexity index is 175. The number of hydrogen-bond acceptors (Lipinski definition) is 1. The molecule has 0 aromatic carbocycles. The molecule has 0 amide bonds. The van der Waals surface area contributed by atoms with Gasteiger partial charge in [-0.2, -0.15) is 0 Å². The molecule has 9 heavy (non-hydrogen) atoms. The third-order valence-electron chi connectivity index (χ3n) is 1.59. The van der Waals surface area contributed by atoms with Crippen LogP contribution in [0.25, 0.3) is 0 Å². The SMILES string of the molecule is CCC1=C(C=O)CC=C1. The lowest BCUT2D eigenvalue weighted by Crippen LogP contribution is -1.82. The predicted octanol–water partition coefficient (Wildman–Crippen LogP) is 1.85. The summed E-state index contributed by atoms with van der Waals surface area (Å²) in [4.78, 5) is 10.3. The quantitative estimate of drug-likeness (QED) is 0.511. The van der Waals surface area contributed by atoms with Crippen molar-refractivity contribution >= 4 is 6.29 Å². The minimum absolute atomic E-state index is 0.840. The van der Waals surface area contributed by atoms with Crippen molar-refractivity contribution in [2.75, 3.05) is 0 Å². The highest BCUT2D eigenvalue weighted by atomic mass is 16.1. The third kappa shape index (κ3) is 1.10. The molecule has 0 bridgehead atoms. The van der Waals surface area contributed by atoms with E-state index in [-0.39, 0.29) is 0 Å². The van der Waals surface area contributed by atoms with Gasteiger partial charge in [0.25, 0.3) is 0 Å². The van der Waals surface area contributed by atoms with Crippen LogP contribution in [0, 0.1) is 0 Å². The van der Waals surface area contributed by atoms with Crippen molar-refractivity contribution in [1.82, 2.24) is 0 Å². The number of hydrogen-bond donors (Lipinski definition) is 0. The standard InChI is InChI=1S/C8H10O/c1-2-7-4-3-5-8(7)6-9/h3-4,6H,2,5H2,1H3. The van der Waals surface area contributed by atoms with Gasteiger partial charge in [-0.25, -0.2) is 0 Å². The van der Waals surface area contributed by atoms with Crippen LogP contribution in [-0.2, 0) is 4.79 Å². The summed E-state index contributed by atoms with van der Waals surface area (Å²) in [6, 6.07) is 0. The van der Waals surface area contributed by atoms with E-state index >= 15 is 0 Å². The Labute approximate surface area is 55.1 Å². The van der Waals surface area contributed by atoms with Crippen LogP contribution in [-0.4, -0.2) is 6.29 Å². The Kier molecular flexibility index (Phi) is 1.83. The van der Waals surface area contributed by atoms with E-state index in [9.17, 15) is 4.79 Å². The van der Waals surface area contributed by atoms with Crippen molar-refractivity contribution < 1.29 is 4.79 Å². The summed E-state index contributed by atoms with van der Waals surface area (Å²) >= 11 is 0. The molecule has 0 aromatic heterocycles. The van der Waals surface area contributed by atoms with E-state index in [0.29, 0.717) is 0 Å². The molecular weight excluding hydrogens is 112 g/mol. The fraction of sp³-hybridized carbons (Fsp3) is 0.375. The summed E-state index contributed by atoms with van der Waals surface area (Å²) < 4.78 is 0. The molecule has 0 atom stereocenters. The largest absolute Gasteiger partial charge is 0.298 e. The number of aldehydes is 1. The Balaban J connectivity index is 2.79. The van der Waals surface area contributed by atoms with Gasteiger partial charge in [0.05, 0.1) is 0 Å². The van der Waals surface area contributed by atoms with Crippen LogP contribution in [0.5, 0.6) is 0 Å². The van der Waals surface area contributed by atoms with Crippen LogP contribution in [0.3, 0.4) is 0 Å². The molecule has 1 rings (SSSR count). The number of allylic oxidation sites excluding steroid dienone is 4. The zero-order valence-corrected chi connectivity index (χ0v) is 5.55. The molecule has 0 saturated carbocycles. The minimum atomic E-state index is 0.840. The molecule has 0 unspecified atom stereocenters. The summed E-state index contributed by atoms with van der Waals surface area (Å²) in [5, 5.41) is 0. The van der Waals surface area contributed by atoms with Crippen LogP contribution in [0.15, 0.2) is 23.3 Å². The molecule has 1 heteroatoms. The molecule has 0 N–H and O–H groups in total. The molecule has 0 aliphatic heterocycles. The van der Waals surface area contributed by atoms with Gasteiger partial charge in [0.2, 0.25) is 0 Å². The van der Waals surface area contributed by atoms with Crippen LogP contribution in [0.4, 0.5) is 0 Å². The van der Waals surface area contributed by atoms with Gasteiger partial charge >= 0.3 is 0 Å². The third-order valence-corrected chi connectivity index (χ3v) is 1.59. The van der Waals surface area contributed by atoms with Gasteiger partial charge in [0.1, 0.15) is 6.29 Å². The normalized spacial score (nSPS) is 17.0. The molecular formula is C8H10O. The van der Waals surface area contributed by atoms with Crippen LogP contribution >= 0.6 is 0 Å². The highest BCUT2D eigenvalue weighted by Gasteiger charge is 2.04. The van der Waals surface area contributed by atoms with E-state index in [1.54, 1.807) is 0 Å². The van der Waals surface area contributed by atoms with Crippen molar-refractivity contribution in [2.45, 2.75) is 19.8 Å². The maximum Gasteiger partial charge on any atom is 0.146 e. The second-order valence-corrected chi connectivity index (χ2v) is 2.13. The predicted molar refractivity (Wildman–Crippen MR) is 37.1 cm³/mol. The first-order chi connectivity index (χ1) is 4.38. The average molecular weight is 122 g/mol. The lowest BCUT2D eigenvalue weighted by molar-refractivity contribution is -0.105. The number of rotatable bonds is 2. The van der Waals surface area contributed by atoms with Gasteiger partial charge in [-0.05, 0) is 24.0 Å². The van der Waals surface area contributed by atoms with Crippen LogP contribution < -0.4 is 0 Å². The zero-order chi connectivity index (χ0) is 6.69. The lowest BCUT2D eigenvalue weighted by Gasteiger charge is -1.92. The Hall–Kier alpha value is -0.850. The van der Waals surface area contributed by atoms with Crippen molar-refractivity contribution in [3.63, 3.8) is 0 Å². The molecule has 0 aromatic rings. The monoisotopic (exact) mass is 122 g/mol. The van der Waals surface area contributed by atoms with E-state index in [0.717, 1.165) is 24.7 Å². The summed E-state index contributed by atoms with van der Waals surface area (Å²) in [6.45, 7) is 2.06. The van der Waals surface area contributed by atoms with Gasteiger partial charge in [-0.3, -0.25) is 4.79 Å². The van der Waals surface area contributed by atoms with Crippen molar-refractivity contribution in [2.24, 2.45) is 0 Å². The molecule has 1 aliphatic carbocycles. The summed E-state index contributed by atoms with van der Waals surface area (Å²) in [5.41, 5.74) is 2.16. The maximum absolute atomic E-state index is 10.3. The first-order valence-corrected chi connectivity index (χ1v) is 3.22. The highest BCUT2D eigenvalue weighted by Crippen LogP contribution is 2.18. The molecule has 0 heterocycles. The summed E-state index contributed by atoms with van der Waals surface area (Å²) in [6.07, 6.45) is 6.84. The first kappa shape index (κ1) is 6.27. The van der Waals surface area contributed by atoms with Gasteiger partial charge < -0.3 is 0 Å². The minimum Gasteiger partial charge on any atom is -0.298 e. The fourth-order valence-electron chi connectivity index (χ4n) is 1.03. The van der Waals surface area contributed by atoms with E-state index in [2.05, 4.69) is 6.92 Å². The molecule has 1 aliphatic rings. The van der Waals surface area contributed by atoms with Crippen molar-refractivity contribution in [3.05, 3.63) is 23.3 Å². The molecule has 0 fully saturated rings. The molecule has 0 saturated heterocycles. The van der Waals surface area contributed by atoms with E-state index in [1.807, 2.05) is 12.2 Å². The summed E-state index contributed by atoms with van der Waals surface area (Å²) in [7, 11) is 0. The molecule has 0 spiro atoms. The van der Waals surface area contributed by atoms with Gasteiger partial charge in [-0.15, -0.1) is 0 Å². The van der Waals surface area contributed by atoms with Crippen molar-refractivity contribution in [1.29, 1.82) is 0 Å². The van der Waals surface area contributed by atoms with Gasteiger partial charge in [0.15, 0.2) is 0 Å². The van der Waals surface area contributed by atoms with E-state index in [1.165, 1.54) is 5.57 Å². The maximum atomic E-state index is 10.3. The second-order valence-electron chi connectivity index (χ2n) is 2.13. The smallest absolute Gasteiger partial charge is 0.146 e.